The predicted molar refractivity (Wildman–Crippen MR) is 226 cm³/mol. The van der Waals surface area contributed by atoms with Gasteiger partial charge in [-0.3, -0.25) is 72.1 Å². The van der Waals surface area contributed by atoms with Crippen LogP contribution in [0.3, 0.4) is 0 Å². The number of Topliss-reactive ketones (excluding diaryl/α,β-unsaturated/α-hetero) is 7. The van der Waals surface area contributed by atoms with Gasteiger partial charge in [0, 0.05) is 76.0 Å². The average Bonchev–Trinajstić information content (AvgIpc) is 3.96. The van der Waals surface area contributed by atoms with Crippen molar-refractivity contribution in [1.82, 2.24) is 15.1 Å². The minimum atomic E-state index is -2.58. The highest BCUT2D eigenvalue weighted by Gasteiger charge is 2.57. The van der Waals surface area contributed by atoms with Gasteiger partial charge in [0.05, 0.1) is 5.25 Å². The van der Waals surface area contributed by atoms with Gasteiger partial charge in [0.2, 0.25) is 40.9 Å². The number of rotatable bonds is 27. The Balaban J connectivity index is 1.26. The second-order valence-electron chi connectivity index (χ2n) is 15.1. The first-order valence-electron chi connectivity index (χ1n) is 19.7. The maximum atomic E-state index is 13.5. The van der Waals surface area contributed by atoms with E-state index in [0.29, 0.717) is 25.1 Å². The maximum Gasteiger partial charge on any atom is 0.250 e. The summed E-state index contributed by atoms with van der Waals surface area (Å²) in [6.45, 7) is 2.95. The third kappa shape index (κ3) is 12.4. The molecule has 6 amide bonds. The van der Waals surface area contributed by atoms with Crippen LogP contribution in [-0.2, 0) is 73.5 Å². The van der Waals surface area contributed by atoms with E-state index in [2.05, 4.69) is 10.6 Å². The summed E-state index contributed by atoms with van der Waals surface area (Å²) in [5.74, 6) is -8.75. The largest absolute Gasteiger partial charge is 0.362 e. The van der Waals surface area contributed by atoms with Crippen LogP contribution in [-0.4, -0.2) is 134 Å². The summed E-state index contributed by atoms with van der Waals surface area (Å²) < 4.78 is 4.06. The lowest BCUT2D eigenvalue weighted by Gasteiger charge is -2.28. The number of thioether (sulfide) groups is 1. The van der Waals surface area contributed by atoms with Gasteiger partial charge < -0.3 is 15.4 Å². The molecule has 0 aliphatic carbocycles. The summed E-state index contributed by atoms with van der Waals surface area (Å²) in [6, 6.07) is 6.67. The van der Waals surface area contributed by atoms with Crippen LogP contribution in [0.4, 0.5) is 5.69 Å². The number of amides is 6. The molecule has 3 aliphatic rings. The number of nitrogens with zero attached hydrogens (tertiary/aromatic N) is 2. The smallest absolute Gasteiger partial charge is 0.250 e. The van der Waals surface area contributed by atoms with E-state index in [1.807, 2.05) is 0 Å². The molecule has 0 spiro atoms. The van der Waals surface area contributed by atoms with Crippen molar-refractivity contribution in [2.24, 2.45) is 11.3 Å². The molecule has 3 aliphatic heterocycles. The van der Waals surface area contributed by atoms with Crippen molar-refractivity contribution >= 4 is 115 Å². The molecule has 0 saturated carbocycles. The van der Waals surface area contributed by atoms with Gasteiger partial charge in [0.1, 0.15) is 19.0 Å². The number of ether oxygens (including phenoxy) is 1. The Morgan fingerprint density at radius 2 is 1.47 bits per heavy atom. The molecule has 0 bridgehead atoms. The normalized spacial score (nSPS) is 17.2. The summed E-state index contributed by atoms with van der Waals surface area (Å²) in [7, 11) is 2.26. The van der Waals surface area contributed by atoms with Crippen molar-refractivity contribution in [3.63, 3.8) is 0 Å². The molecule has 334 valence electrons. The zero-order valence-corrected chi connectivity index (χ0v) is 37.1. The first kappa shape index (κ1) is 49.8. The number of anilines is 1. The third-order valence-electron chi connectivity index (χ3n) is 10.6. The first-order chi connectivity index (χ1) is 29.2. The van der Waals surface area contributed by atoms with Crippen LogP contribution in [0.1, 0.15) is 78.2 Å². The second kappa shape index (κ2) is 22.0. The Kier molecular flexibility index (Phi) is 17.6. The SMILES string of the molecule is CC(=O)C1(C(=O)CCN2C(=O)CC(SCCC(=O)C[C@H](CNC(=O)COCC(=O)Nc3ccc(CCC(=O)N4CCC4=O)cc3)CC(=O)C(C(C)=O)(C(C)=O)C(C)=O)C2=O)SS1. The molecule has 4 rings (SSSR count). The summed E-state index contributed by atoms with van der Waals surface area (Å²) in [5.41, 5.74) is -1.34. The Bertz CT molecular complexity index is 2010. The lowest BCUT2D eigenvalue weighted by atomic mass is 9.70. The maximum absolute atomic E-state index is 13.5. The van der Waals surface area contributed by atoms with Crippen LogP contribution in [0.5, 0.6) is 0 Å². The van der Waals surface area contributed by atoms with E-state index in [-0.39, 0.29) is 74.3 Å². The van der Waals surface area contributed by atoms with Crippen LogP contribution in [0, 0.1) is 11.3 Å². The standard InChI is InChI=1S/C41H48N4O14S3/c1-23(46)40(24(2)47,25(3)48)33(52)18-28(17-30(50)13-16-60-31-19-38(57)45(39(31)58)14-11-32(51)41(26(4)49)61-62-41)20-42-34(53)21-59-22-35(54)43-29-8-5-27(6-9-29)7-10-36(55)44-15-12-37(44)56/h5-6,8-9,28,31H,7,10-22H2,1-4H3,(H,42,53)(H,43,54)/t28-,31?/m0/s1. The zero-order valence-electron chi connectivity index (χ0n) is 34.7. The van der Waals surface area contributed by atoms with Gasteiger partial charge in [-0.15, -0.1) is 11.8 Å². The Labute approximate surface area is 369 Å². The van der Waals surface area contributed by atoms with Crippen molar-refractivity contribution < 1.29 is 67.1 Å². The average molecular weight is 917 g/mol. The van der Waals surface area contributed by atoms with E-state index in [1.165, 1.54) is 11.8 Å². The van der Waals surface area contributed by atoms with Gasteiger partial charge in [-0.1, -0.05) is 33.7 Å². The highest BCUT2D eigenvalue weighted by atomic mass is 33.2. The molecule has 18 nitrogen and oxygen atoms in total. The quantitative estimate of drug-likeness (QED) is 0.0418. The Morgan fingerprint density at radius 1 is 0.839 bits per heavy atom. The third-order valence-corrected chi connectivity index (χ3v) is 14.9. The van der Waals surface area contributed by atoms with E-state index < -0.39 is 92.8 Å². The van der Waals surface area contributed by atoms with Crippen LogP contribution < -0.4 is 10.6 Å². The van der Waals surface area contributed by atoms with E-state index in [9.17, 15) is 62.3 Å². The fourth-order valence-corrected chi connectivity index (χ4v) is 10.4. The summed E-state index contributed by atoms with van der Waals surface area (Å²) >= 11 is 1.06. The summed E-state index contributed by atoms with van der Waals surface area (Å²) in [5, 5.41) is 4.32. The highest BCUT2D eigenvalue weighted by Crippen LogP contribution is 2.66. The van der Waals surface area contributed by atoms with Gasteiger partial charge >= 0.3 is 0 Å². The lowest BCUT2D eigenvalue weighted by molar-refractivity contribution is -0.155. The molecule has 1 unspecified atom stereocenters. The number of nitrogens with one attached hydrogen (secondary N) is 2. The molecule has 21 heteroatoms. The minimum absolute atomic E-state index is 0.0877. The van der Waals surface area contributed by atoms with Gasteiger partial charge in [-0.05, 0) is 57.7 Å². The molecule has 3 heterocycles. The predicted octanol–water partition coefficient (Wildman–Crippen LogP) is 1.63. The molecular formula is C41H48N4O14S3. The van der Waals surface area contributed by atoms with Crippen molar-refractivity contribution in [2.45, 2.75) is 88.4 Å². The van der Waals surface area contributed by atoms with Crippen LogP contribution in [0.25, 0.3) is 0 Å². The van der Waals surface area contributed by atoms with Crippen molar-refractivity contribution in [3.05, 3.63) is 29.8 Å². The number of carbonyl (C=O) groups is 13. The van der Waals surface area contributed by atoms with Crippen LogP contribution >= 0.6 is 33.3 Å². The monoisotopic (exact) mass is 916 g/mol. The molecular weight excluding hydrogens is 869 g/mol. The van der Waals surface area contributed by atoms with E-state index in [0.717, 1.165) is 64.6 Å². The zero-order chi connectivity index (χ0) is 45.9. The molecule has 2 atom stereocenters. The number of aryl methyl sites for hydroxylation is 1. The van der Waals surface area contributed by atoms with E-state index in [1.54, 1.807) is 24.3 Å². The van der Waals surface area contributed by atoms with Crippen LogP contribution in [0.15, 0.2) is 24.3 Å². The van der Waals surface area contributed by atoms with Gasteiger partial charge in [-0.25, -0.2) is 0 Å². The van der Waals surface area contributed by atoms with Crippen LogP contribution in [0.2, 0.25) is 0 Å². The summed E-state index contributed by atoms with van der Waals surface area (Å²) in [6.07, 6.45) is -0.456. The molecule has 3 saturated heterocycles. The van der Waals surface area contributed by atoms with Crippen molar-refractivity contribution in [1.29, 1.82) is 0 Å². The molecule has 2 N–H and O–H groups in total. The number of hydrogen-bond acceptors (Lipinski definition) is 17. The highest BCUT2D eigenvalue weighted by molar-refractivity contribution is 8.94. The van der Waals surface area contributed by atoms with E-state index in [4.69, 9.17) is 4.74 Å². The number of likely N-dealkylation sites (tertiary alicyclic amines) is 2. The van der Waals surface area contributed by atoms with Gasteiger partial charge in [-0.2, -0.15) is 0 Å². The second-order valence-corrected chi connectivity index (χ2v) is 19.2. The number of hydrogen-bond donors (Lipinski definition) is 2. The molecule has 1 aromatic rings. The number of benzene rings is 1. The number of ketones is 7. The van der Waals surface area contributed by atoms with Crippen molar-refractivity contribution in [2.75, 3.05) is 43.9 Å². The number of β-lactam (4-membered cyclic amide) rings is 1. The van der Waals surface area contributed by atoms with Crippen molar-refractivity contribution in [3.8, 4) is 0 Å². The van der Waals surface area contributed by atoms with Gasteiger partial charge in [0.15, 0.2) is 38.8 Å². The molecule has 0 aromatic heterocycles. The lowest BCUT2D eigenvalue weighted by Crippen LogP contribution is -2.50. The molecule has 0 radical (unpaired) electrons. The minimum Gasteiger partial charge on any atom is -0.362 e. The van der Waals surface area contributed by atoms with E-state index >= 15 is 0 Å². The molecule has 3 fully saturated rings. The number of carbonyl (C=O) groups excluding carboxylic acids is 13. The summed E-state index contributed by atoms with van der Waals surface area (Å²) in [4.78, 5) is 165. The fraction of sp³-hybridized carbons (Fsp3) is 0.537. The Morgan fingerprint density at radius 3 is 2.02 bits per heavy atom. The fourth-order valence-electron chi connectivity index (χ4n) is 7.01. The first-order valence-corrected chi connectivity index (χ1v) is 22.9. The molecule has 62 heavy (non-hydrogen) atoms. The molecule has 1 aromatic carbocycles. The number of imide groups is 2. The topological polar surface area (TPSA) is 262 Å². The Hall–Kier alpha value is -4.86. The van der Waals surface area contributed by atoms with Gasteiger partial charge in [0.25, 0.3) is 0 Å².